The van der Waals surface area contributed by atoms with Crippen LogP contribution < -0.4 is 5.32 Å². The normalized spacial score (nSPS) is 17.5. The highest BCUT2D eigenvalue weighted by Gasteiger charge is 2.19. The van der Waals surface area contributed by atoms with E-state index in [0.29, 0.717) is 0 Å². The lowest BCUT2D eigenvalue weighted by Gasteiger charge is -2.22. The number of carbonyl (C=O) groups is 1. The van der Waals surface area contributed by atoms with Crippen molar-refractivity contribution in [3.05, 3.63) is 30.1 Å². The number of H-pyrrole nitrogens is 1. The van der Waals surface area contributed by atoms with Crippen molar-refractivity contribution in [2.45, 2.75) is 38.6 Å². The zero-order valence-electron chi connectivity index (χ0n) is 12.4. The fraction of sp³-hybridized carbons (Fsp3) is 0.500. The number of hydrogen-bond acceptors (Lipinski definition) is 2. The van der Waals surface area contributed by atoms with Crippen LogP contribution in [0.25, 0.3) is 11.0 Å². The Morgan fingerprint density at radius 1 is 1.24 bits per heavy atom. The van der Waals surface area contributed by atoms with Gasteiger partial charge in [-0.15, -0.1) is 0 Å². The molecule has 1 aliphatic rings. The molecule has 5 heteroatoms. The van der Waals surface area contributed by atoms with Crippen LogP contribution in [0.1, 0.15) is 44.5 Å². The molecular formula is C16H22N4O. The molecule has 5 nitrogen and oxygen atoms in total. The minimum absolute atomic E-state index is 0.0184. The molecule has 1 aromatic heterocycles. The van der Waals surface area contributed by atoms with E-state index >= 15 is 0 Å². The third-order valence-corrected chi connectivity index (χ3v) is 4.05. The average molecular weight is 286 g/mol. The van der Waals surface area contributed by atoms with E-state index < -0.39 is 0 Å². The van der Waals surface area contributed by atoms with E-state index in [1.54, 1.807) is 0 Å². The van der Waals surface area contributed by atoms with E-state index in [-0.39, 0.29) is 12.1 Å². The number of nitrogens with one attached hydrogen (secondary N) is 2. The van der Waals surface area contributed by atoms with E-state index in [2.05, 4.69) is 15.3 Å². The largest absolute Gasteiger partial charge is 0.340 e. The minimum atomic E-state index is -0.117. The predicted octanol–water partition coefficient (Wildman–Crippen LogP) is 3.21. The summed E-state index contributed by atoms with van der Waals surface area (Å²) >= 11 is 0. The fourth-order valence-electron chi connectivity index (χ4n) is 2.80. The first-order valence-electron chi connectivity index (χ1n) is 7.74. The first kappa shape index (κ1) is 13.9. The van der Waals surface area contributed by atoms with Gasteiger partial charge < -0.3 is 15.2 Å². The number of aromatic nitrogens is 2. The molecule has 1 aromatic carbocycles. The average Bonchev–Trinajstić information content (AvgIpc) is 2.73. The van der Waals surface area contributed by atoms with Gasteiger partial charge in [0.15, 0.2) is 0 Å². The number of likely N-dealkylation sites (tertiary alicyclic amines) is 1. The van der Waals surface area contributed by atoms with Crippen LogP contribution in [-0.4, -0.2) is 34.0 Å². The van der Waals surface area contributed by atoms with Gasteiger partial charge in [0.05, 0.1) is 17.1 Å². The maximum atomic E-state index is 12.3. The van der Waals surface area contributed by atoms with Crippen molar-refractivity contribution in [2.75, 3.05) is 13.1 Å². The molecule has 2 amide bonds. The minimum Gasteiger partial charge on any atom is -0.340 e. The van der Waals surface area contributed by atoms with Crippen LogP contribution >= 0.6 is 0 Å². The van der Waals surface area contributed by atoms with Gasteiger partial charge >= 0.3 is 6.03 Å². The van der Waals surface area contributed by atoms with E-state index in [9.17, 15) is 4.79 Å². The number of hydrogen-bond donors (Lipinski definition) is 2. The Bertz CT molecular complexity index is 581. The fourth-order valence-corrected chi connectivity index (χ4v) is 2.80. The maximum Gasteiger partial charge on any atom is 0.317 e. The quantitative estimate of drug-likeness (QED) is 0.890. The van der Waals surface area contributed by atoms with E-state index in [1.807, 2.05) is 36.1 Å². The second kappa shape index (κ2) is 6.16. The van der Waals surface area contributed by atoms with Crippen molar-refractivity contribution in [1.82, 2.24) is 20.2 Å². The third-order valence-electron chi connectivity index (χ3n) is 4.05. The number of rotatable bonds is 2. The van der Waals surface area contributed by atoms with Crippen molar-refractivity contribution in [3.8, 4) is 0 Å². The van der Waals surface area contributed by atoms with Crippen molar-refractivity contribution in [1.29, 1.82) is 0 Å². The smallest absolute Gasteiger partial charge is 0.317 e. The molecule has 112 valence electrons. The molecule has 1 saturated heterocycles. The molecule has 0 spiro atoms. The number of amides is 2. The molecule has 0 unspecified atom stereocenters. The standard InChI is InChI=1S/C16H22N4O/c1-12(15-18-13-8-4-5-9-14(13)19-15)17-16(21)20-10-6-2-3-7-11-20/h4-5,8-9,12H,2-3,6-7,10-11H2,1H3,(H,17,21)(H,18,19)/t12-/m0/s1. The molecule has 0 bridgehead atoms. The molecule has 21 heavy (non-hydrogen) atoms. The highest BCUT2D eigenvalue weighted by molar-refractivity contribution is 5.76. The summed E-state index contributed by atoms with van der Waals surface area (Å²) in [5, 5.41) is 3.05. The molecule has 2 heterocycles. The Hall–Kier alpha value is -2.04. The van der Waals surface area contributed by atoms with Gasteiger partial charge in [0.2, 0.25) is 0 Å². The lowest BCUT2D eigenvalue weighted by atomic mass is 10.2. The third kappa shape index (κ3) is 3.17. The first-order valence-corrected chi connectivity index (χ1v) is 7.74. The number of benzene rings is 1. The van der Waals surface area contributed by atoms with Crippen molar-refractivity contribution in [2.24, 2.45) is 0 Å². The summed E-state index contributed by atoms with van der Waals surface area (Å²) in [4.78, 5) is 22.1. The highest BCUT2D eigenvalue weighted by Crippen LogP contribution is 2.16. The number of fused-ring (bicyclic) bond motifs is 1. The summed E-state index contributed by atoms with van der Waals surface area (Å²) in [7, 11) is 0. The molecule has 3 rings (SSSR count). The Balaban J connectivity index is 1.67. The van der Waals surface area contributed by atoms with Crippen molar-refractivity contribution >= 4 is 17.1 Å². The van der Waals surface area contributed by atoms with Crippen molar-refractivity contribution < 1.29 is 4.79 Å². The molecule has 0 saturated carbocycles. The summed E-state index contributed by atoms with van der Waals surface area (Å²) in [5.41, 5.74) is 1.94. The van der Waals surface area contributed by atoms with Crippen LogP contribution in [0.2, 0.25) is 0 Å². The zero-order valence-corrected chi connectivity index (χ0v) is 12.4. The van der Waals surface area contributed by atoms with Crippen LogP contribution in [0.3, 0.4) is 0 Å². The monoisotopic (exact) mass is 286 g/mol. The summed E-state index contributed by atoms with van der Waals surface area (Å²) in [6, 6.07) is 7.81. The van der Waals surface area contributed by atoms with Gasteiger partial charge in [-0.1, -0.05) is 25.0 Å². The Morgan fingerprint density at radius 3 is 2.67 bits per heavy atom. The Kier molecular flexibility index (Phi) is 4.08. The highest BCUT2D eigenvalue weighted by atomic mass is 16.2. The van der Waals surface area contributed by atoms with Gasteiger partial charge in [0.1, 0.15) is 5.82 Å². The first-order chi connectivity index (χ1) is 10.2. The van der Waals surface area contributed by atoms with Crippen molar-refractivity contribution in [3.63, 3.8) is 0 Å². The molecule has 0 aliphatic carbocycles. The summed E-state index contributed by atoms with van der Waals surface area (Å²) < 4.78 is 0. The summed E-state index contributed by atoms with van der Waals surface area (Å²) in [6.45, 7) is 3.69. The molecule has 1 fully saturated rings. The van der Waals surface area contributed by atoms with Gasteiger partial charge in [0, 0.05) is 13.1 Å². The molecular weight excluding hydrogens is 264 g/mol. The predicted molar refractivity (Wildman–Crippen MR) is 83.1 cm³/mol. The van der Waals surface area contributed by atoms with Gasteiger partial charge in [-0.2, -0.15) is 0 Å². The van der Waals surface area contributed by atoms with Gasteiger partial charge in [0.25, 0.3) is 0 Å². The molecule has 2 aromatic rings. The van der Waals surface area contributed by atoms with Crippen LogP contribution in [0.5, 0.6) is 0 Å². The molecule has 2 N–H and O–H groups in total. The van der Waals surface area contributed by atoms with E-state index in [1.165, 1.54) is 12.8 Å². The number of imidazole rings is 1. The summed E-state index contributed by atoms with van der Waals surface area (Å²) in [5.74, 6) is 0.805. The molecule has 1 atom stereocenters. The zero-order chi connectivity index (χ0) is 14.7. The second-order valence-corrected chi connectivity index (χ2v) is 5.71. The van der Waals surface area contributed by atoms with Crippen LogP contribution in [0, 0.1) is 0 Å². The molecule has 0 radical (unpaired) electrons. The molecule has 1 aliphatic heterocycles. The van der Waals surface area contributed by atoms with Crippen LogP contribution in [0.4, 0.5) is 4.79 Å². The van der Waals surface area contributed by atoms with E-state index in [4.69, 9.17) is 0 Å². The number of para-hydroxylation sites is 2. The topological polar surface area (TPSA) is 61.0 Å². The van der Waals surface area contributed by atoms with Crippen LogP contribution in [0.15, 0.2) is 24.3 Å². The Labute approximate surface area is 124 Å². The Morgan fingerprint density at radius 2 is 1.95 bits per heavy atom. The number of urea groups is 1. The summed E-state index contributed by atoms with van der Waals surface area (Å²) in [6.07, 6.45) is 4.66. The van der Waals surface area contributed by atoms with Crippen LogP contribution in [-0.2, 0) is 0 Å². The van der Waals surface area contributed by atoms with Gasteiger partial charge in [-0.25, -0.2) is 9.78 Å². The number of nitrogens with zero attached hydrogens (tertiary/aromatic N) is 2. The van der Waals surface area contributed by atoms with Gasteiger partial charge in [-0.05, 0) is 31.9 Å². The second-order valence-electron chi connectivity index (χ2n) is 5.71. The van der Waals surface area contributed by atoms with Gasteiger partial charge in [-0.3, -0.25) is 0 Å². The SMILES string of the molecule is C[C@H](NC(=O)N1CCCCCC1)c1nc2ccccc2[nH]1. The number of carbonyl (C=O) groups excluding carboxylic acids is 1. The lowest BCUT2D eigenvalue weighted by Crippen LogP contribution is -2.41. The number of aromatic amines is 1. The maximum absolute atomic E-state index is 12.3. The lowest BCUT2D eigenvalue weighted by molar-refractivity contribution is 0.196. The van der Waals surface area contributed by atoms with E-state index in [0.717, 1.165) is 42.8 Å².